The average molecular weight is 375 g/mol. The van der Waals surface area contributed by atoms with Crippen LogP contribution in [-0.2, 0) is 21.8 Å². The van der Waals surface area contributed by atoms with Gasteiger partial charge in [-0.1, -0.05) is 18.2 Å². The van der Waals surface area contributed by atoms with Crippen LogP contribution in [0.15, 0.2) is 30.3 Å². The third-order valence-corrected chi connectivity index (χ3v) is 8.43. The standard InChI is InChI=1S/C18H21N3O4S/c1-19-10-18-11-21(9-13(25-18)8-16(18)26(19,23)24)17(22)15-7-12-5-3-4-6-14(12)20(15)2/h3-7,13,16H,8-11H2,1-2H3/t13-,16+,18?/m1/s1. The van der Waals surface area contributed by atoms with Crippen LogP contribution in [0.3, 0.4) is 0 Å². The predicted octanol–water partition coefficient (Wildman–Crippen LogP) is 0.806. The average Bonchev–Trinajstić information content (AvgIpc) is 3.14. The van der Waals surface area contributed by atoms with E-state index < -0.39 is 20.9 Å². The van der Waals surface area contributed by atoms with E-state index in [0.717, 1.165) is 10.9 Å². The molecule has 0 saturated carbocycles. The smallest absolute Gasteiger partial charge is 0.270 e. The summed E-state index contributed by atoms with van der Waals surface area (Å²) in [7, 11) is 0.134. The van der Waals surface area contributed by atoms with Gasteiger partial charge in [0.2, 0.25) is 10.0 Å². The number of aromatic nitrogens is 1. The first-order valence-corrected chi connectivity index (χ1v) is 10.3. The Balaban J connectivity index is 1.50. The van der Waals surface area contributed by atoms with E-state index in [4.69, 9.17) is 4.74 Å². The number of nitrogens with zero attached hydrogens (tertiary/aromatic N) is 3. The Bertz CT molecular complexity index is 1030. The summed E-state index contributed by atoms with van der Waals surface area (Å²) < 4.78 is 34.5. The lowest BCUT2D eigenvalue weighted by Gasteiger charge is -2.39. The summed E-state index contributed by atoms with van der Waals surface area (Å²) in [6, 6.07) is 9.79. The van der Waals surface area contributed by atoms with Gasteiger partial charge in [-0.2, -0.15) is 0 Å². The van der Waals surface area contributed by atoms with Gasteiger partial charge < -0.3 is 14.2 Å². The molecule has 5 rings (SSSR count). The van der Waals surface area contributed by atoms with Crippen molar-refractivity contribution in [2.24, 2.45) is 7.05 Å². The molecule has 3 saturated heterocycles. The molecule has 3 aliphatic rings. The molecule has 138 valence electrons. The van der Waals surface area contributed by atoms with Crippen molar-refractivity contribution in [3.05, 3.63) is 36.0 Å². The van der Waals surface area contributed by atoms with Gasteiger partial charge >= 0.3 is 0 Å². The topological polar surface area (TPSA) is 71.8 Å². The maximum absolute atomic E-state index is 13.2. The number of likely N-dealkylation sites (N-methyl/N-ethyl adjacent to an activating group) is 1. The number of hydrogen-bond donors (Lipinski definition) is 0. The minimum absolute atomic E-state index is 0.0658. The number of hydrogen-bond acceptors (Lipinski definition) is 4. The predicted molar refractivity (Wildman–Crippen MR) is 96.4 cm³/mol. The van der Waals surface area contributed by atoms with E-state index in [1.54, 1.807) is 11.9 Å². The summed E-state index contributed by atoms with van der Waals surface area (Å²) in [5, 5.41) is 0.476. The third kappa shape index (κ3) is 2.00. The number of sulfonamides is 1. The summed E-state index contributed by atoms with van der Waals surface area (Å²) in [6.07, 6.45) is 0.252. The van der Waals surface area contributed by atoms with Crippen LogP contribution in [0.5, 0.6) is 0 Å². The fourth-order valence-corrected chi connectivity index (χ4v) is 6.91. The molecule has 26 heavy (non-hydrogen) atoms. The Labute approximate surface area is 152 Å². The van der Waals surface area contributed by atoms with Crippen LogP contribution in [0.2, 0.25) is 0 Å². The highest BCUT2D eigenvalue weighted by Crippen LogP contribution is 2.46. The fraction of sp³-hybridized carbons (Fsp3) is 0.500. The lowest BCUT2D eigenvalue weighted by atomic mass is 9.99. The van der Waals surface area contributed by atoms with Crippen molar-refractivity contribution in [1.29, 1.82) is 0 Å². The molecule has 2 aromatic rings. The number of likely N-dealkylation sites (tertiary alicyclic amines) is 1. The van der Waals surface area contributed by atoms with E-state index in [-0.39, 0.29) is 12.0 Å². The SMILES string of the molecule is CN1CC23CN(C(=O)c4cc5ccccc5n4C)C[C@@H](C[C@@H]2S1(=O)=O)O3. The Morgan fingerprint density at radius 1 is 1.23 bits per heavy atom. The zero-order valence-corrected chi connectivity index (χ0v) is 15.6. The van der Waals surface area contributed by atoms with Crippen LogP contribution in [0.4, 0.5) is 0 Å². The number of rotatable bonds is 1. The minimum atomic E-state index is -3.34. The largest absolute Gasteiger partial charge is 0.365 e. The van der Waals surface area contributed by atoms with Crippen molar-refractivity contribution < 1.29 is 17.9 Å². The second-order valence-corrected chi connectivity index (χ2v) is 9.89. The molecule has 1 amide bonds. The van der Waals surface area contributed by atoms with Gasteiger partial charge in [0.1, 0.15) is 16.5 Å². The second kappa shape index (κ2) is 5.09. The molecule has 8 heteroatoms. The highest BCUT2D eigenvalue weighted by atomic mass is 32.2. The first-order chi connectivity index (χ1) is 12.3. The summed E-state index contributed by atoms with van der Waals surface area (Å²) in [5.74, 6) is -0.0658. The molecule has 2 bridgehead atoms. The molecule has 3 aliphatic heterocycles. The number of carbonyl (C=O) groups excluding carboxylic acids is 1. The van der Waals surface area contributed by atoms with Crippen molar-refractivity contribution >= 4 is 26.8 Å². The van der Waals surface area contributed by atoms with E-state index in [1.165, 1.54) is 4.31 Å². The summed E-state index contributed by atoms with van der Waals surface area (Å²) in [4.78, 5) is 15.0. The highest BCUT2D eigenvalue weighted by Gasteiger charge is 2.64. The Hall–Kier alpha value is -1.90. The van der Waals surface area contributed by atoms with Crippen molar-refractivity contribution in [3.63, 3.8) is 0 Å². The number of amides is 1. The second-order valence-electron chi connectivity index (χ2n) is 7.66. The van der Waals surface area contributed by atoms with Crippen molar-refractivity contribution in [1.82, 2.24) is 13.8 Å². The van der Waals surface area contributed by atoms with Crippen LogP contribution in [0.1, 0.15) is 16.9 Å². The zero-order valence-electron chi connectivity index (χ0n) is 14.8. The van der Waals surface area contributed by atoms with Gasteiger partial charge in [-0.15, -0.1) is 0 Å². The highest BCUT2D eigenvalue weighted by molar-refractivity contribution is 7.90. The van der Waals surface area contributed by atoms with Gasteiger partial charge in [-0.3, -0.25) is 4.79 Å². The quantitative estimate of drug-likeness (QED) is 0.739. The van der Waals surface area contributed by atoms with Crippen LogP contribution in [0.25, 0.3) is 10.9 Å². The number of fused-ring (bicyclic) bond motifs is 2. The van der Waals surface area contributed by atoms with E-state index in [2.05, 4.69) is 0 Å². The maximum Gasteiger partial charge on any atom is 0.270 e. The molecule has 1 unspecified atom stereocenters. The van der Waals surface area contributed by atoms with Crippen molar-refractivity contribution in [2.45, 2.75) is 23.4 Å². The lowest BCUT2D eigenvalue weighted by molar-refractivity contribution is -0.0967. The molecule has 3 fully saturated rings. The number of carbonyl (C=O) groups is 1. The van der Waals surface area contributed by atoms with Gasteiger partial charge in [-0.25, -0.2) is 12.7 Å². The normalized spacial score (nSPS) is 32.9. The maximum atomic E-state index is 13.2. The Kier molecular flexibility index (Phi) is 3.19. The molecule has 4 heterocycles. The summed E-state index contributed by atoms with van der Waals surface area (Å²) >= 11 is 0. The zero-order chi connectivity index (χ0) is 18.3. The molecule has 3 atom stereocenters. The lowest BCUT2D eigenvalue weighted by Crippen LogP contribution is -2.56. The van der Waals surface area contributed by atoms with Crippen LogP contribution >= 0.6 is 0 Å². The molecular formula is C18H21N3O4S. The van der Waals surface area contributed by atoms with Crippen LogP contribution in [-0.4, -0.2) is 71.7 Å². The Morgan fingerprint density at radius 2 is 2.00 bits per heavy atom. The number of benzene rings is 1. The first kappa shape index (κ1) is 16.3. The van der Waals surface area contributed by atoms with Crippen molar-refractivity contribution in [3.8, 4) is 0 Å². The number of morpholine rings is 1. The van der Waals surface area contributed by atoms with Gasteiger partial charge in [-0.05, 0) is 18.6 Å². The molecule has 0 radical (unpaired) electrons. The Morgan fingerprint density at radius 3 is 2.77 bits per heavy atom. The first-order valence-electron chi connectivity index (χ1n) is 8.78. The molecule has 1 aromatic heterocycles. The number of aryl methyl sites for hydroxylation is 1. The molecule has 7 nitrogen and oxygen atoms in total. The van der Waals surface area contributed by atoms with Gasteiger partial charge in [0.05, 0.1) is 12.6 Å². The number of ether oxygens (including phenoxy) is 1. The molecule has 0 N–H and O–H groups in total. The third-order valence-electron chi connectivity index (χ3n) is 6.09. The molecule has 1 aromatic carbocycles. The van der Waals surface area contributed by atoms with E-state index in [9.17, 15) is 13.2 Å². The van der Waals surface area contributed by atoms with Crippen LogP contribution in [0, 0.1) is 0 Å². The summed E-state index contributed by atoms with van der Waals surface area (Å²) in [5.41, 5.74) is 0.831. The van der Waals surface area contributed by atoms with Gasteiger partial charge in [0, 0.05) is 38.1 Å². The van der Waals surface area contributed by atoms with Gasteiger partial charge in [0.25, 0.3) is 5.91 Å². The summed E-state index contributed by atoms with van der Waals surface area (Å²) in [6.45, 7) is 1.07. The van der Waals surface area contributed by atoms with Crippen molar-refractivity contribution in [2.75, 3.05) is 26.7 Å². The fourth-order valence-electron chi connectivity index (χ4n) is 4.87. The molecule has 0 aliphatic carbocycles. The van der Waals surface area contributed by atoms with E-state index in [0.29, 0.717) is 31.7 Å². The number of para-hydroxylation sites is 1. The van der Waals surface area contributed by atoms with E-state index in [1.807, 2.05) is 41.9 Å². The van der Waals surface area contributed by atoms with E-state index >= 15 is 0 Å². The molecule has 1 spiro atoms. The monoisotopic (exact) mass is 375 g/mol. The van der Waals surface area contributed by atoms with Crippen LogP contribution < -0.4 is 0 Å². The minimum Gasteiger partial charge on any atom is -0.365 e. The molecular weight excluding hydrogens is 354 g/mol. The van der Waals surface area contributed by atoms with Gasteiger partial charge in [0.15, 0.2) is 0 Å².